The van der Waals surface area contributed by atoms with Crippen molar-refractivity contribution in [2.75, 3.05) is 0 Å². The summed E-state index contributed by atoms with van der Waals surface area (Å²) in [6.45, 7) is 6.18. The largest absolute Gasteiger partial charge is 0.458 e. The van der Waals surface area contributed by atoms with E-state index in [1.807, 2.05) is 18.2 Å². The maximum absolute atomic E-state index is 11.9. The first-order valence-corrected chi connectivity index (χ1v) is 6.08. The van der Waals surface area contributed by atoms with Gasteiger partial charge in [0.15, 0.2) is 0 Å². The van der Waals surface area contributed by atoms with Gasteiger partial charge in [0.1, 0.15) is 6.10 Å². The maximum atomic E-state index is 11.9. The minimum absolute atomic E-state index is 0.000967. The summed E-state index contributed by atoms with van der Waals surface area (Å²) >= 11 is 0. The normalized spacial score (nSPS) is 24.4. The third-order valence-electron chi connectivity index (χ3n) is 3.10. The molecule has 0 aromatic heterocycles. The molecule has 2 heteroatoms. The highest BCUT2D eigenvalue weighted by Crippen LogP contribution is 2.29. The van der Waals surface area contributed by atoms with E-state index in [-0.39, 0.29) is 12.1 Å². The van der Waals surface area contributed by atoms with Crippen molar-refractivity contribution in [2.24, 2.45) is 5.92 Å². The first-order chi connectivity index (χ1) is 8.15. The van der Waals surface area contributed by atoms with Crippen LogP contribution in [0.2, 0.25) is 0 Å². The Morgan fingerprint density at radius 2 is 2.00 bits per heavy atom. The number of ether oxygens (including phenoxy) is 1. The van der Waals surface area contributed by atoms with Crippen molar-refractivity contribution < 1.29 is 9.53 Å². The fourth-order valence-corrected chi connectivity index (χ4v) is 2.40. The molecule has 0 radical (unpaired) electrons. The zero-order valence-corrected chi connectivity index (χ0v) is 10.2. The molecule has 1 aliphatic rings. The highest BCUT2D eigenvalue weighted by atomic mass is 16.5. The Kier molecular flexibility index (Phi) is 3.62. The summed E-state index contributed by atoms with van der Waals surface area (Å²) in [5.74, 6) is 0.335. The van der Waals surface area contributed by atoms with Gasteiger partial charge in [0.25, 0.3) is 0 Å². The van der Waals surface area contributed by atoms with Crippen LogP contribution in [0.25, 0.3) is 0 Å². The zero-order chi connectivity index (χ0) is 12.3. The molecule has 2 rings (SSSR count). The lowest BCUT2D eigenvalue weighted by molar-refractivity contribution is 0.0212. The van der Waals surface area contributed by atoms with E-state index in [1.54, 1.807) is 12.1 Å². The van der Waals surface area contributed by atoms with E-state index in [4.69, 9.17) is 4.74 Å². The highest BCUT2D eigenvalue weighted by Gasteiger charge is 2.24. The third kappa shape index (κ3) is 3.19. The van der Waals surface area contributed by atoms with E-state index in [0.29, 0.717) is 11.5 Å². The first kappa shape index (κ1) is 11.9. The predicted octanol–water partition coefficient (Wildman–Crippen LogP) is 3.59. The first-order valence-electron chi connectivity index (χ1n) is 6.08. The van der Waals surface area contributed by atoms with Gasteiger partial charge in [-0.2, -0.15) is 0 Å². The van der Waals surface area contributed by atoms with E-state index < -0.39 is 0 Å². The van der Waals surface area contributed by atoms with Crippen molar-refractivity contribution in [3.05, 3.63) is 48.0 Å². The summed E-state index contributed by atoms with van der Waals surface area (Å²) in [7, 11) is 0. The molecular formula is C15H18O2. The van der Waals surface area contributed by atoms with Gasteiger partial charge in [-0.3, -0.25) is 0 Å². The Balaban J connectivity index is 1.97. The van der Waals surface area contributed by atoms with Crippen LogP contribution in [0.5, 0.6) is 0 Å². The van der Waals surface area contributed by atoms with Crippen molar-refractivity contribution in [1.29, 1.82) is 0 Å². The highest BCUT2D eigenvalue weighted by molar-refractivity contribution is 5.89. The summed E-state index contributed by atoms with van der Waals surface area (Å²) in [5, 5.41) is 0. The van der Waals surface area contributed by atoms with Crippen molar-refractivity contribution >= 4 is 5.97 Å². The van der Waals surface area contributed by atoms with Crippen LogP contribution >= 0.6 is 0 Å². The molecule has 1 saturated carbocycles. The molecule has 1 aromatic carbocycles. The molecule has 0 aliphatic heterocycles. The maximum Gasteiger partial charge on any atom is 0.338 e. The van der Waals surface area contributed by atoms with Gasteiger partial charge in [-0.05, 0) is 30.9 Å². The molecule has 0 bridgehead atoms. The van der Waals surface area contributed by atoms with Gasteiger partial charge in [-0.25, -0.2) is 4.79 Å². The van der Waals surface area contributed by atoms with Crippen molar-refractivity contribution in [1.82, 2.24) is 0 Å². The number of carbonyl (C=O) groups is 1. The van der Waals surface area contributed by atoms with Gasteiger partial charge < -0.3 is 4.74 Å². The van der Waals surface area contributed by atoms with Crippen LogP contribution in [0.1, 0.15) is 36.5 Å². The Bertz CT molecular complexity index is 408. The minimum atomic E-state index is -0.225. The standard InChI is InChI=1S/C15H18O2/c1-11-8-12(2)10-14(9-11)17-15(16)13-6-4-3-5-7-13/h3-7,12,14H,1,8-10H2,2H3. The molecule has 0 heterocycles. The van der Waals surface area contributed by atoms with E-state index in [0.717, 1.165) is 19.3 Å². The summed E-state index contributed by atoms with van der Waals surface area (Å²) in [6.07, 6.45) is 2.80. The van der Waals surface area contributed by atoms with Gasteiger partial charge in [0.2, 0.25) is 0 Å². The average Bonchev–Trinajstić information content (AvgIpc) is 2.28. The van der Waals surface area contributed by atoms with E-state index >= 15 is 0 Å². The molecule has 2 atom stereocenters. The molecule has 1 aliphatic carbocycles. The quantitative estimate of drug-likeness (QED) is 0.573. The van der Waals surface area contributed by atoms with Crippen LogP contribution in [0.15, 0.2) is 42.5 Å². The summed E-state index contributed by atoms with van der Waals surface area (Å²) < 4.78 is 5.52. The van der Waals surface area contributed by atoms with E-state index in [2.05, 4.69) is 13.5 Å². The lowest BCUT2D eigenvalue weighted by Crippen LogP contribution is -2.25. The summed E-state index contributed by atoms with van der Waals surface area (Å²) in [6, 6.07) is 9.15. The SMILES string of the molecule is C=C1CC(C)CC(OC(=O)c2ccccc2)C1. The van der Waals surface area contributed by atoms with Crippen LogP contribution < -0.4 is 0 Å². The molecule has 0 spiro atoms. The fraction of sp³-hybridized carbons (Fsp3) is 0.400. The molecular weight excluding hydrogens is 212 g/mol. The van der Waals surface area contributed by atoms with Crippen LogP contribution in [0, 0.1) is 5.92 Å². The van der Waals surface area contributed by atoms with Crippen molar-refractivity contribution in [3.8, 4) is 0 Å². The van der Waals surface area contributed by atoms with E-state index in [1.165, 1.54) is 5.57 Å². The second-order valence-corrected chi connectivity index (χ2v) is 4.89. The number of carbonyl (C=O) groups excluding carboxylic acids is 1. The van der Waals surface area contributed by atoms with Gasteiger partial charge in [-0.1, -0.05) is 37.3 Å². The average molecular weight is 230 g/mol. The fourth-order valence-electron chi connectivity index (χ4n) is 2.40. The van der Waals surface area contributed by atoms with Crippen LogP contribution in [-0.2, 0) is 4.74 Å². The van der Waals surface area contributed by atoms with Gasteiger partial charge in [-0.15, -0.1) is 0 Å². The molecule has 90 valence electrons. The number of hydrogen-bond donors (Lipinski definition) is 0. The molecule has 0 N–H and O–H groups in total. The minimum Gasteiger partial charge on any atom is -0.458 e. The van der Waals surface area contributed by atoms with Crippen molar-refractivity contribution in [2.45, 2.75) is 32.3 Å². The van der Waals surface area contributed by atoms with Gasteiger partial charge in [0.05, 0.1) is 5.56 Å². The lowest BCUT2D eigenvalue weighted by Gasteiger charge is -2.28. The molecule has 1 aromatic rings. The summed E-state index contributed by atoms with van der Waals surface area (Å²) in [4.78, 5) is 11.9. The molecule has 17 heavy (non-hydrogen) atoms. The number of esters is 1. The predicted molar refractivity (Wildman–Crippen MR) is 67.8 cm³/mol. The van der Waals surface area contributed by atoms with Crippen LogP contribution in [0.4, 0.5) is 0 Å². The lowest BCUT2D eigenvalue weighted by atomic mass is 9.85. The number of benzene rings is 1. The second kappa shape index (κ2) is 5.17. The second-order valence-electron chi connectivity index (χ2n) is 4.89. The Hall–Kier alpha value is -1.57. The topological polar surface area (TPSA) is 26.3 Å². The summed E-state index contributed by atoms with van der Waals surface area (Å²) in [5.41, 5.74) is 1.81. The van der Waals surface area contributed by atoms with Crippen LogP contribution in [-0.4, -0.2) is 12.1 Å². The number of rotatable bonds is 2. The Morgan fingerprint density at radius 3 is 2.65 bits per heavy atom. The zero-order valence-electron chi connectivity index (χ0n) is 10.2. The third-order valence-corrected chi connectivity index (χ3v) is 3.10. The smallest absolute Gasteiger partial charge is 0.338 e. The van der Waals surface area contributed by atoms with Crippen molar-refractivity contribution in [3.63, 3.8) is 0 Å². The molecule has 1 fully saturated rings. The molecule has 0 amide bonds. The van der Waals surface area contributed by atoms with Gasteiger partial charge >= 0.3 is 5.97 Å². The molecule has 2 unspecified atom stereocenters. The molecule has 2 nitrogen and oxygen atoms in total. The Morgan fingerprint density at radius 1 is 1.29 bits per heavy atom. The van der Waals surface area contributed by atoms with Crippen LogP contribution in [0.3, 0.4) is 0 Å². The Labute approximate surface area is 102 Å². The van der Waals surface area contributed by atoms with E-state index in [9.17, 15) is 4.79 Å². The van der Waals surface area contributed by atoms with Gasteiger partial charge in [0, 0.05) is 6.42 Å². The molecule has 0 saturated heterocycles. The number of hydrogen-bond acceptors (Lipinski definition) is 2. The monoisotopic (exact) mass is 230 g/mol.